The summed E-state index contributed by atoms with van der Waals surface area (Å²) in [5, 5.41) is 4.28. The fourth-order valence-corrected chi connectivity index (χ4v) is 3.54. The molecule has 0 aliphatic heterocycles. The summed E-state index contributed by atoms with van der Waals surface area (Å²) in [5.41, 5.74) is 0.171. The molecule has 132 valence electrons. The number of hydrogen-bond donors (Lipinski definition) is 0. The van der Waals surface area contributed by atoms with Crippen LogP contribution in [0.1, 0.15) is 55.9 Å². The van der Waals surface area contributed by atoms with Crippen LogP contribution in [-0.4, -0.2) is 46.4 Å². The lowest BCUT2D eigenvalue weighted by atomic mass is 9.86. The molecule has 0 unspecified atom stereocenters. The minimum Gasteiger partial charge on any atom is -0.383 e. The van der Waals surface area contributed by atoms with Crippen molar-refractivity contribution >= 4 is 5.91 Å². The van der Waals surface area contributed by atoms with Crippen molar-refractivity contribution in [1.29, 1.82) is 0 Å². The largest absolute Gasteiger partial charge is 0.383 e. The van der Waals surface area contributed by atoms with Crippen LogP contribution >= 0.6 is 0 Å². The van der Waals surface area contributed by atoms with Crippen LogP contribution in [-0.2, 0) is 11.3 Å². The molecule has 2 saturated carbocycles. The first-order valence-corrected chi connectivity index (χ1v) is 9.00. The molecule has 2 aliphatic rings. The van der Waals surface area contributed by atoms with E-state index in [2.05, 4.69) is 16.9 Å². The monoisotopic (exact) mass is 333 g/mol. The maximum atomic E-state index is 13.1. The first-order valence-electron chi connectivity index (χ1n) is 9.00. The van der Waals surface area contributed by atoms with E-state index in [0.717, 1.165) is 31.6 Å². The molecule has 0 bridgehead atoms. The second-order valence-corrected chi connectivity index (χ2v) is 7.13. The van der Waals surface area contributed by atoms with Crippen LogP contribution < -0.4 is 5.56 Å². The zero-order chi connectivity index (χ0) is 17.1. The Labute approximate surface area is 142 Å². The second kappa shape index (κ2) is 7.47. The summed E-state index contributed by atoms with van der Waals surface area (Å²) in [6.45, 7) is 3.05. The fourth-order valence-electron chi connectivity index (χ4n) is 3.54. The molecule has 2 fully saturated rings. The van der Waals surface area contributed by atoms with Crippen molar-refractivity contribution in [3.63, 3.8) is 0 Å². The molecule has 1 aromatic rings. The van der Waals surface area contributed by atoms with Gasteiger partial charge in [-0.3, -0.25) is 9.59 Å². The van der Waals surface area contributed by atoms with Gasteiger partial charge in [0.2, 0.25) is 0 Å². The topological polar surface area (TPSA) is 64.4 Å². The van der Waals surface area contributed by atoms with Crippen LogP contribution in [0, 0.1) is 5.92 Å². The molecule has 3 rings (SSSR count). The van der Waals surface area contributed by atoms with Gasteiger partial charge in [0.25, 0.3) is 11.5 Å². The number of methoxy groups -OCH3 is 1. The van der Waals surface area contributed by atoms with Crippen LogP contribution in [0.15, 0.2) is 16.9 Å². The van der Waals surface area contributed by atoms with Crippen LogP contribution in [0.2, 0.25) is 0 Å². The van der Waals surface area contributed by atoms with Crippen LogP contribution in [0.25, 0.3) is 0 Å². The average molecular weight is 333 g/mol. The van der Waals surface area contributed by atoms with Crippen molar-refractivity contribution in [2.45, 2.75) is 64.1 Å². The maximum Gasteiger partial charge on any atom is 0.274 e. The third-order valence-electron chi connectivity index (χ3n) is 5.15. The lowest BCUT2D eigenvalue weighted by Crippen LogP contribution is -2.44. The van der Waals surface area contributed by atoms with Gasteiger partial charge >= 0.3 is 0 Å². The summed E-state index contributed by atoms with van der Waals surface area (Å²) in [6, 6.07) is 3.68. The van der Waals surface area contributed by atoms with Gasteiger partial charge in [0.15, 0.2) is 0 Å². The summed E-state index contributed by atoms with van der Waals surface area (Å²) in [7, 11) is 1.58. The molecule has 0 atom stereocenters. The van der Waals surface area contributed by atoms with E-state index in [1.807, 2.05) is 0 Å². The third kappa shape index (κ3) is 3.86. The smallest absolute Gasteiger partial charge is 0.274 e. The average Bonchev–Trinajstić information content (AvgIpc) is 3.41. The molecule has 0 aromatic carbocycles. The molecule has 6 nitrogen and oxygen atoms in total. The summed E-state index contributed by atoms with van der Waals surface area (Å²) >= 11 is 0. The predicted octanol–water partition coefficient (Wildman–Crippen LogP) is 2.07. The summed E-state index contributed by atoms with van der Waals surface area (Å²) < 4.78 is 6.33. The molecule has 0 radical (unpaired) electrons. The first-order chi connectivity index (χ1) is 11.6. The Bertz CT molecular complexity index is 631. The van der Waals surface area contributed by atoms with Crippen molar-refractivity contribution in [3.05, 3.63) is 28.2 Å². The summed E-state index contributed by atoms with van der Waals surface area (Å²) in [6.07, 6.45) is 6.69. The Morgan fingerprint density at radius 2 is 1.83 bits per heavy atom. The molecule has 6 heteroatoms. The highest BCUT2D eigenvalue weighted by atomic mass is 16.5. The normalized spacial score (nSPS) is 23.9. The minimum atomic E-state index is -0.201. The minimum absolute atomic E-state index is 0.0248. The van der Waals surface area contributed by atoms with Gasteiger partial charge in [-0.25, -0.2) is 4.68 Å². The fraction of sp³-hybridized carbons (Fsp3) is 0.722. The van der Waals surface area contributed by atoms with Gasteiger partial charge in [-0.2, -0.15) is 5.10 Å². The highest BCUT2D eigenvalue weighted by molar-refractivity contribution is 5.92. The molecule has 0 spiro atoms. The number of ether oxygens (including phenoxy) is 1. The highest BCUT2D eigenvalue weighted by Gasteiger charge is 2.39. The lowest BCUT2D eigenvalue weighted by Gasteiger charge is -2.36. The van der Waals surface area contributed by atoms with E-state index in [1.54, 1.807) is 13.2 Å². The SMILES string of the molecule is COCCn1nc(C(=O)N(C2CCC(C)CC2)C2CC2)ccc1=O. The van der Waals surface area contributed by atoms with E-state index in [-0.39, 0.29) is 11.5 Å². The van der Waals surface area contributed by atoms with Gasteiger partial charge in [-0.1, -0.05) is 6.92 Å². The Hall–Kier alpha value is -1.69. The summed E-state index contributed by atoms with van der Waals surface area (Å²) in [4.78, 5) is 27.0. The highest BCUT2D eigenvalue weighted by Crippen LogP contribution is 2.35. The first kappa shape index (κ1) is 17.1. The molecule has 1 heterocycles. The number of carbonyl (C=O) groups excluding carboxylic acids is 1. The van der Waals surface area contributed by atoms with Crippen molar-refractivity contribution in [2.24, 2.45) is 5.92 Å². The number of hydrogen-bond acceptors (Lipinski definition) is 4. The van der Waals surface area contributed by atoms with Gasteiger partial charge < -0.3 is 9.64 Å². The zero-order valence-electron chi connectivity index (χ0n) is 14.6. The van der Waals surface area contributed by atoms with Gasteiger partial charge in [0, 0.05) is 25.3 Å². The molecule has 2 aliphatic carbocycles. The van der Waals surface area contributed by atoms with Crippen LogP contribution in [0.3, 0.4) is 0 Å². The van der Waals surface area contributed by atoms with Gasteiger partial charge in [0.1, 0.15) is 5.69 Å². The summed E-state index contributed by atoms with van der Waals surface area (Å²) in [5.74, 6) is 0.731. The van der Waals surface area contributed by atoms with E-state index >= 15 is 0 Å². The van der Waals surface area contributed by atoms with Crippen LogP contribution in [0.5, 0.6) is 0 Å². The Kier molecular flexibility index (Phi) is 5.33. The van der Waals surface area contributed by atoms with Crippen molar-refractivity contribution in [3.8, 4) is 0 Å². The van der Waals surface area contributed by atoms with E-state index in [9.17, 15) is 9.59 Å². The molecule has 1 amide bonds. The molecule has 1 aromatic heterocycles. The number of amides is 1. The standard InChI is InChI=1S/C18H27N3O3/c1-13-3-5-14(6-4-13)21(15-7-8-15)18(23)16-9-10-17(22)20(19-16)11-12-24-2/h9-10,13-15H,3-8,11-12H2,1-2H3. The predicted molar refractivity (Wildman–Crippen MR) is 91.0 cm³/mol. The Balaban J connectivity index is 1.79. The van der Waals surface area contributed by atoms with E-state index in [4.69, 9.17) is 4.74 Å². The molecular formula is C18H27N3O3. The van der Waals surface area contributed by atoms with Gasteiger partial charge in [-0.05, 0) is 50.5 Å². The molecule has 0 saturated heterocycles. The van der Waals surface area contributed by atoms with Crippen LogP contribution in [0.4, 0.5) is 0 Å². The second-order valence-electron chi connectivity index (χ2n) is 7.13. The number of rotatable bonds is 6. The number of carbonyl (C=O) groups is 1. The van der Waals surface area contributed by atoms with Crippen molar-refractivity contribution in [1.82, 2.24) is 14.7 Å². The number of aromatic nitrogens is 2. The van der Waals surface area contributed by atoms with Crippen molar-refractivity contribution < 1.29 is 9.53 Å². The van der Waals surface area contributed by atoms with Crippen molar-refractivity contribution in [2.75, 3.05) is 13.7 Å². The Morgan fingerprint density at radius 1 is 1.21 bits per heavy atom. The lowest BCUT2D eigenvalue weighted by molar-refractivity contribution is 0.0583. The van der Waals surface area contributed by atoms with E-state index in [1.165, 1.54) is 23.6 Å². The van der Waals surface area contributed by atoms with E-state index in [0.29, 0.717) is 30.9 Å². The third-order valence-corrected chi connectivity index (χ3v) is 5.15. The Morgan fingerprint density at radius 3 is 2.42 bits per heavy atom. The molecule has 0 N–H and O–H groups in total. The zero-order valence-corrected chi connectivity index (χ0v) is 14.6. The number of nitrogens with zero attached hydrogens (tertiary/aromatic N) is 3. The van der Waals surface area contributed by atoms with Gasteiger partial charge in [0.05, 0.1) is 13.2 Å². The molecular weight excluding hydrogens is 306 g/mol. The van der Waals surface area contributed by atoms with E-state index < -0.39 is 0 Å². The van der Waals surface area contributed by atoms with Gasteiger partial charge in [-0.15, -0.1) is 0 Å². The maximum absolute atomic E-state index is 13.1. The quantitative estimate of drug-likeness (QED) is 0.799. The molecule has 24 heavy (non-hydrogen) atoms.